The molecule has 0 aliphatic heterocycles. The second-order valence-electron chi connectivity index (χ2n) is 1.74. The summed E-state index contributed by atoms with van der Waals surface area (Å²) in [4.78, 5) is 10.5. The third kappa shape index (κ3) is 2.93. The van der Waals surface area contributed by atoms with E-state index in [2.05, 4.69) is 4.74 Å². The molecule has 0 aliphatic rings. The molecule has 0 saturated carbocycles. The van der Waals surface area contributed by atoms with Crippen LogP contribution < -0.4 is 11.6 Å². The maximum Gasteiger partial charge on any atom is 0.355 e. The molecule has 0 spiro atoms. The van der Waals surface area contributed by atoms with Crippen molar-refractivity contribution in [1.29, 1.82) is 0 Å². The van der Waals surface area contributed by atoms with E-state index in [1.165, 1.54) is 18.3 Å². The molecule has 0 fully saturated rings. The van der Waals surface area contributed by atoms with Crippen LogP contribution in [0.4, 0.5) is 0 Å². The molecule has 10 heavy (non-hydrogen) atoms. The molecule has 0 aromatic heterocycles. The Morgan fingerprint density at radius 1 is 1.70 bits per heavy atom. The molecule has 0 saturated heterocycles. The van der Waals surface area contributed by atoms with Crippen LogP contribution in [0, 0.1) is 0 Å². The van der Waals surface area contributed by atoms with E-state index in [9.17, 15) is 4.79 Å². The molecule has 58 valence electrons. The fraction of sp³-hybridized carbons (Fsp3) is 0.400. The Hall–Kier alpha value is -1.23. The van der Waals surface area contributed by atoms with Crippen LogP contribution in [0.5, 0.6) is 0 Å². The first-order valence-electron chi connectivity index (χ1n) is 2.61. The van der Waals surface area contributed by atoms with Crippen LogP contribution >= 0.6 is 0 Å². The normalized spacial score (nSPS) is 10.9. The van der Waals surface area contributed by atoms with Crippen molar-refractivity contribution in [3.63, 3.8) is 0 Å². The highest BCUT2D eigenvalue weighted by Crippen LogP contribution is 1.86. The Morgan fingerprint density at radius 2 is 2.20 bits per heavy atom. The first-order chi connectivity index (χ1) is 4.57. The molecule has 0 amide bonds. The maximum atomic E-state index is 10.5. The van der Waals surface area contributed by atoms with Crippen LogP contribution in [-0.4, -0.2) is 25.1 Å². The van der Waals surface area contributed by atoms with Crippen LogP contribution in [0.1, 0.15) is 0 Å². The van der Waals surface area contributed by atoms with Gasteiger partial charge in [0, 0.05) is 13.2 Å². The van der Waals surface area contributed by atoms with Crippen molar-refractivity contribution in [2.45, 2.75) is 0 Å². The molecule has 0 aliphatic carbocycles. The van der Waals surface area contributed by atoms with Gasteiger partial charge in [0.2, 0.25) is 0 Å². The zero-order valence-corrected chi connectivity index (χ0v) is 6.00. The fourth-order valence-corrected chi connectivity index (χ4v) is 0.390. The van der Waals surface area contributed by atoms with Gasteiger partial charge in [-0.25, -0.2) is 10.6 Å². The Morgan fingerprint density at radius 3 is 2.50 bits per heavy atom. The predicted molar refractivity (Wildman–Crippen MR) is 36.2 cm³/mol. The molecule has 0 rings (SSSR count). The second-order valence-corrected chi connectivity index (χ2v) is 1.74. The predicted octanol–water partition coefficient (Wildman–Crippen LogP) is -1.23. The molecular weight excluding hydrogens is 134 g/mol. The van der Waals surface area contributed by atoms with E-state index in [4.69, 9.17) is 11.6 Å². The highest BCUT2D eigenvalue weighted by atomic mass is 16.5. The molecule has 0 radical (unpaired) electrons. The Labute approximate surface area is 59.2 Å². The summed E-state index contributed by atoms with van der Waals surface area (Å²) in [7, 11) is 2.80. The van der Waals surface area contributed by atoms with Gasteiger partial charge in [0.15, 0.2) is 0 Å². The van der Waals surface area contributed by atoms with Gasteiger partial charge in [-0.1, -0.05) is 0 Å². The van der Waals surface area contributed by atoms with Gasteiger partial charge in [-0.2, -0.15) is 0 Å². The number of methoxy groups -OCH3 is 1. The molecule has 0 aromatic carbocycles. The van der Waals surface area contributed by atoms with Crippen molar-refractivity contribution in [2.24, 2.45) is 11.6 Å². The summed E-state index contributed by atoms with van der Waals surface area (Å²) in [6, 6.07) is 0. The first-order valence-corrected chi connectivity index (χ1v) is 2.61. The number of nitrogens with zero attached hydrogens (tertiary/aromatic N) is 1. The molecule has 0 heterocycles. The number of ether oxygens (including phenoxy) is 1. The number of carbonyl (C=O) groups is 1. The summed E-state index contributed by atoms with van der Waals surface area (Å²) in [6.45, 7) is 0. The number of rotatable bonds is 2. The number of nitrogens with two attached hydrogens (primary N) is 2. The van der Waals surface area contributed by atoms with Gasteiger partial charge < -0.3 is 15.5 Å². The van der Waals surface area contributed by atoms with Gasteiger partial charge in [0.05, 0.1) is 7.11 Å². The molecule has 5 heteroatoms. The minimum atomic E-state index is -0.586. The lowest BCUT2D eigenvalue weighted by Crippen LogP contribution is -2.24. The Kier molecular flexibility index (Phi) is 3.27. The fourth-order valence-electron chi connectivity index (χ4n) is 0.390. The first kappa shape index (κ1) is 8.77. The number of carbonyl (C=O) groups excluding carboxylic acids is 1. The van der Waals surface area contributed by atoms with E-state index in [0.717, 1.165) is 0 Å². The van der Waals surface area contributed by atoms with Crippen LogP contribution in [0.25, 0.3) is 0 Å². The van der Waals surface area contributed by atoms with Gasteiger partial charge in [-0.3, -0.25) is 0 Å². The summed E-state index contributed by atoms with van der Waals surface area (Å²) in [5.74, 6) is 4.57. The molecule has 5 nitrogen and oxygen atoms in total. The number of esters is 1. The highest BCUT2D eigenvalue weighted by Gasteiger charge is 2.02. The van der Waals surface area contributed by atoms with Crippen LogP contribution in [-0.2, 0) is 9.53 Å². The lowest BCUT2D eigenvalue weighted by molar-refractivity contribution is -0.136. The third-order valence-corrected chi connectivity index (χ3v) is 0.764. The van der Waals surface area contributed by atoms with Gasteiger partial charge in [-0.05, 0) is 0 Å². The van der Waals surface area contributed by atoms with Crippen LogP contribution in [0.2, 0.25) is 0 Å². The van der Waals surface area contributed by atoms with E-state index >= 15 is 0 Å². The van der Waals surface area contributed by atoms with Gasteiger partial charge in [0.1, 0.15) is 5.70 Å². The van der Waals surface area contributed by atoms with E-state index < -0.39 is 5.97 Å². The van der Waals surface area contributed by atoms with Crippen molar-refractivity contribution in [2.75, 3.05) is 14.2 Å². The molecule has 4 N–H and O–H groups in total. The lowest BCUT2D eigenvalue weighted by Gasteiger charge is -2.05. The number of hydrazine groups is 1. The third-order valence-electron chi connectivity index (χ3n) is 0.764. The van der Waals surface area contributed by atoms with Crippen molar-refractivity contribution in [3.8, 4) is 0 Å². The monoisotopic (exact) mass is 145 g/mol. The van der Waals surface area contributed by atoms with Crippen LogP contribution in [0.3, 0.4) is 0 Å². The smallest absolute Gasteiger partial charge is 0.355 e. The molecule has 0 bridgehead atoms. The minimum Gasteiger partial charge on any atom is -0.464 e. The van der Waals surface area contributed by atoms with Crippen molar-refractivity contribution in [1.82, 2.24) is 5.01 Å². The van der Waals surface area contributed by atoms with Gasteiger partial charge in [-0.15, -0.1) is 0 Å². The summed E-state index contributed by atoms with van der Waals surface area (Å²) in [6.07, 6.45) is 1.27. The van der Waals surface area contributed by atoms with E-state index in [-0.39, 0.29) is 5.70 Å². The molecule has 0 aromatic rings. The van der Waals surface area contributed by atoms with Gasteiger partial charge >= 0.3 is 5.97 Å². The summed E-state index contributed by atoms with van der Waals surface area (Å²) >= 11 is 0. The standard InChI is InChI=1S/C5H11N3O2/c1-8(7)3-4(6)5(9)10-2/h3H,6-7H2,1-2H3/b4-3-. The summed E-state index contributed by atoms with van der Waals surface area (Å²) in [5, 5.41) is 1.17. The average Bonchev–Trinajstić information content (AvgIpc) is 1.85. The second kappa shape index (κ2) is 3.73. The van der Waals surface area contributed by atoms with E-state index in [0.29, 0.717) is 0 Å². The highest BCUT2D eigenvalue weighted by molar-refractivity contribution is 5.86. The van der Waals surface area contributed by atoms with Crippen molar-refractivity contribution in [3.05, 3.63) is 11.9 Å². The Balaban J connectivity index is 4.05. The minimum absolute atomic E-state index is 0.0208. The average molecular weight is 145 g/mol. The quantitative estimate of drug-likeness (QED) is 0.220. The Bertz CT molecular complexity index is 153. The SMILES string of the molecule is COC(=O)/C(N)=C/N(C)N. The van der Waals surface area contributed by atoms with E-state index in [1.54, 1.807) is 7.05 Å². The summed E-state index contributed by atoms with van der Waals surface area (Å²) < 4.78 is 4.30. The lowest BCUT2D eigenvalue weighted by atomic mass is 10.5. The topological polar surface area (TPSA) is 81.6 Å². The number of hydrogen-bond acceptors (Lipinski definition) is 5. The van der Waals surface area contributed by atoms with E-state index in [1.807, 2.05) is 0 Å². The number of hydrogen-bond donors (Lipinski definition) is 2. The maximum absolute atomic E-state index is 10.5. The molecule has 0 atom stereocenters. The van der Waals surface area contributed by atoms with Crippen LogP contribution in [0.15, 0.2) is 11.9 Å². The zero-order valence-electron chi connectivity index (χ0n) is 6.00. The zero-order chi connectivity index (χ0) is 8.15. The largest absolute Gasteiger partial charge is 0.464 e. The van der Waals surface area contributed by atoms with Gasteiger partial charge in [0.25, 0.3) is 0 Å². The summed E-state index contributed by atoms with van der Waals surface area (Å²) in [5.41, 5.74) is 5.17. The van der Waals surface area contributed by atoms with Crippen molar-refractivity contribution < 1.29 is 9.53 Å². The molecule has 0 unspecified atom stereocenters. The van der Waals surface area contributed by atoms with Crippen molar-refractivity contribution >= 4 is 5.97 Å². The molecular formula is C5H11N3O2.